The summed E-state index contributed by atoms with van der Waals surface area (Å²) in [5, 5.41) is 0. The maximum absolute atomic E-state index is 5.75. The summed E-state index contributed by atoms with van der Waals surface area (Å²) in [6.07, 6.45) is 12.6. The lowest BCUT2D eigenvalue weighted by Crippen LogP contribution is -2.25. The van der Waals surface area contributed by atoms with E-state index in [0.717, 1.165) is 38.4 Å². The van der Waals surface area contributed by atoms with Crippen LogP contribution in [0.1, 0.15) is 71.1 Å². The Bertz CT molecular complexity index is 199. The second kappa shape index (κ2) is 14.2. The second-order valence-electron chi connectivity index (χ2n) is 5.49. The van der Waals surface area contributed by atoms with Gasteiger partial charge >= 0.3 is 0 Å². The van der Waals surface area contributed by atoms with Gasteiger partial charge in [-0.15, -0.1) is 4.72 Å². The molecule has 1 saturated heterocycles. The largest absolute Gasteiger partial charge is 0.381 e. The summed E-state index contributed by atoms with van der Waals surface area (Å²) in [4.78, 5) is 0. The van der Waals surface area contributed by atoms with Gasteiger partial charge in [-0.05, 0) is 32.1 Å². The molecule has 1 aliphatic heterocycles. The molecule has 0 aliphatic carbocycles. The van der Waals surface area contributed by atoms with Crippen molar-refractivity contribution in [3.8, 4) is 0 Å². The fourth-order valence-electron chi connectivity index (χ4n) is 2.24. The maximum atomic E-state index is 5.75. The number of hydrogen-bond acceptors (Lipinski definition) is 3. The van der Waals surface area contributed by atoms with Crippen molar-refractivity contribution in [1.29, 1.82) is 0 Å². The number of hydrogen-bond donors (Lipinski definition) is 0. The van der Waals surface area contributed by atoms with Crippen LogP contribution in [0.4, 0.5) is 0 Å². The molecule has 0 N–H and O–H groups in total. The van der Waals surface area contributed by atoms with Gasteiger partial charge in [0.25, 0.3) is 0 Å². The summed E-state index contributed by atoms with van der Waals surface area (Å²) in [7, 11) is 0. The lowest BCUT2D eigenvalue weighted by Gasteiger charge is -2.20. The topological polar surface area (TPSA) is 32.6 Å². The van der Waals surface area contributed by atoms with Crippen molar-refractivity contribution in [3.05, 3.63) is 0 Å². The fourth-order valence-corrected chi connectivity index (χ4v) is 2.97. The minimum absolute atomic E-state index is 0.167. The van der Waals surface area contributed by atoms with Gasteiger partial charge in [0.1, 0.15) is 6.23 Å². The van der Waals surface area contributed by atoms with E-state index in [1.165, 1.54) is 51.4 Å². The average Bonchev–Trinajstić information content (AvgIpc) is 2.49. The quantitative estimate of drug-likeness (QED) is 0.370. The zero-order valence-corrected chi connectivity index (χ0v) is 14.0. The van der Waals surface area contributed by atoms with E-state index in [2.05, 4.69) is 11.6 Å². The molecular formula is C16H32NO2S. The van der Waals surface area contributed by atoms with Crippen LogP contribution in [0.25, 0.3) is 0 Å². The second-order valence-corrected chi connectivity index (χ2v) is 6.37. The van der Waals surface area contributed by atoms with E-state index < -0.39 is 0 Å². The monoisotopic (exact) mass is 302 g/mol. The molecule has 0 saturated carbocycles. The SMILES string of the molecule is CCCCCCOCCCCCCOC1CCCS[N]1. The highest BCUT2D eigenvalue weighted by Gasteiger charge is 2.14. The fraction of sp³-hybridized carbons (Fsp3) is 1.00. The first-order valence-corrected chi connectivity index (χ1v) is 9.39. The van der Waals surface area contributed by atoms with Crippen molar-refractivity contribution in [2.24, 2.45) is 0 Å². The highest BCUT2D eigenvalue weighted by atomic mass is 32.2. The van der Waals surface area contributed by atoms with E-state index in [1.54, 1.807) is 11.9 Å². The maximum Gasteiger partial charge on any atom is 0.134 e. The van der Waals surface area contributed by atoms with E-state index in [4.69, 9.17) is 9.47 Å². The summed E-state index contributed by atoms with van der Waals surface area (Å²) in [5.41, 5.74) is 0. The molecule has 3 nitrogen and oxygen atoms in total. The van der Waals surface area contributed by atoms with Gasteiger partial charge in [-0.3, -0.25) is 0 Å². The highest BCUT2D eigenvalue weighted by Crippen LogP contribution is 2.16. The first-order chi connectivity index (χ1) is 9.93. The number of rotatable bonds is 13. The number of unbranched alkanes of at least 4 members (excludes halogenated alkanes) is 6. The highest BCUT2D eigenvalue weighted by molar-refractivity contribution is 7.97. The Balaban J connectivity index is 1.70. The van der Waals surface area contributed by atoms with Crippen molar-refractivity contribution >= 4 is 11.9 Å². The summed E-state index contributed by atoms with van der Waals surface area (Å²) in [6.45, 7) is 4.99. The summed E-state index contributed by atoms with van der Waals surface area (Å²) < 4.78 is 15.8. The Labute approximate surface area is 129 Å². The molecule has 1 fully saturated rings. The van der Waals surface area contributed by atoms with Crippen molar-refractivity contribution in [2.75, 3.05) is 25.6 Å². The van der Waals surface area contributed by atoms with Crippen molar-refractivity contribution in [1.82, 2.24) is 4.72 Å². The standard InChI is InChI=1S/C16H32NO2S/c1-2-3-4-7-12-18-13-8-5-6-9-14-19-16-11-10-15-20-17-16/h16H,2-15H2,1H3. The normalized spacial score (nSPS) is 19.4. The smallest absolute Gasteiger partial charge is 0.134 e. The molecule has 0 spiro atoms. The first kappa shape index (κ1) is 18.3. The van der Waals surface area contributed by atoms with Crippen LogP contribution in [-0.2, 0) is 9.47 Å². The van der Waals surface area contributed by atoms with Crippen LogP contribution in [0.3, 0.4) is 0 Å². The lowest BCUT2D eigenvalue weighted by molar-refractivity contribution is 0.0345. The molecule has 20 heavy (non-hydrogen) atoms. The molecule has 4 heteroatoms. The van der Waals surface area contributed by atoms with Gasteiger partial charge in [-0.25, -0.2) is 0 Å². The molecule has 1 aliphatic rings. The Morgan fingerprint density at radius 2 is 1.65 bits per heavy atom. The van der Waals surface area contributed by atoms with Gasteiger partial charge in [-0.2, -0.15) is 0 Å². The van der Waals surface area contributed by atoms with E-state index in [1.807, 2.05) is 0 Å². The molecule has 0 bridgehead atoms. The van der Waals surface area contributed by atoms with E-state index >= 15 is 0 Å². The van der Waals surface area contributed by atoms with Gasteiger partial charge in [0.15, 0.2) is 0 Å². The summed E-state index contributed by atoms with van der Waals surface area (Å²) in [5.74, 6) is 1.16. The van der Waals surface area contributed by atoms with Crippen LogP contribution in [0.15, 0.2) is 0 Å². The molecule has 0 aromatic rings. The molecule has 1 atom stereocenters. The lowest BCUT2D eigenvalue weighted by atomic mass is 10.2. The Kier molecular flexibility index (Phi) is 13.0. The summed E-state index contributed by atoms with van der Waals surface area (Å²) in [6, 6.07) is 0. The molecule has 119 valence electrons. The van der Waals surface area contributed by atoms with Gasteiger partial charge in [0.2, 0.25) is 0 Å². The molecule has 1 heterocycles. The van der Waals surface area contributed by atoms with Crippen molar-refractivity contribution in [2.45, 2.75) is 77.4 Å². The van der Waals surface area contributed by atoms with Crippen molar-refractivity contribution < 1.29 is 9.47 Å². The predicted molar refractivity (Wildman–Crippen MR) is 87.0 cm³/mol. The van der Waals surface area contributed by atoms with Gasteiger partial charge in [0.05, 0.1) is 0 Å². The van der Waals surface area contributed by atoms with Crippen LogP contribution in [0.2, 0.25) is 0 Å². The van der Waals surface area contributed by atoms with Crippen molar-refractivity contribution in [3.63, 3.8) is 0 Å². The molecule has 1 radical (unpaired) electrons. The molecule has 0 aromatic carbocycles. The molecular weight excluding hydrogens is 270 g/mol. The van der Waals surface area contributed by atoms with Crippen LogP contribution < -0.4 is 4.72 Å². The van der Waals surface area contributed by atoms with Gasteiger partial charge in [-0.1, -0.05) is 51.0 Å². The third-order valence-corrected chi connectivity index (χ3v) is 4.37. The first-order valence-electron chi connectivity index (χ1n) is 8.45. The van der Waals surface area contributed by atoms with E-state index in [-0.39, 0.29) is 6.23 Å². The molecule has 0 aromatic heterocycles. The third-order valence-electron chi connectivity index (χ3n) is 3.51. The Hall–Kier alpha value is 0.230. The minimum atomic E-state index is 0.167. The Morgan fingerprint density at radius 1 is 0.950 bits per heavy atom. The number of nitrogens with zero attached hydrogens (tertiary/aromatic N) is 1. The average molecular weight is 303 g/mol. The van der Waals surface area contributed by atoms with Gasteiger partial charge in [0, 0.05) is 25.6 Å². The number of ether oxygens (including phenoxy) is 2. The Morgan fingerprint density at radius 3 is 2.30 bits per heavy atom. The van der Waals surface area contributed by atoms with Crippen LogP contribution >= 0.6 is 11.9 Å². The van der Waals surface area contributed by atoms with E-state index in [0.29, 0.717) is 0 Å². The van der Waals surface area contributed by atoms with Crippen LogP contribution in [0.5, 0.6) is 0 Å². The van der Waals surface area contributed by atoms with Gasteiger partial charge < -0.3 is 9.47 Å². The van der Waals surface area contributed by atoms with Crippen LogP contribution in [-0.4, -0.2) is 31.8 Å². The van der Waals surface area contributed by atoms with Crippen LogP contribution in [0, 0.1) is 0 Å². The minimum Gasteiger partial charge on any atom is -0.381 e. The van der Waals surface area contributed by atoms with E-state index in [9.17, 15) is 0 Å². The molecule has 1 rings (SSSR count). The predicted octanol–water partition coefficient (Wildman–Crippen LogP) is 4.53. The zero-order valence-electron chi connectivity index (χ0n) is 13.1. The molecule has 1 unspecified atom stereocenters. The molecule has 0 amide bonds. The summed E-state index contributed by atoms with van der Waals surface area (Å²) >= 11 is 1.67. The zero-order chi connectivity index (χ0) is 14.3. The third kappa shape index (κ3) is 11.0.